The van der Waals surface area contributed by atoms with Crippen LogP contribution < -0.4 is 5.32 Å². The highest BCUT2D eigenvalue weighted by Crippen LogP contribution is 2.19. The lowest BCUT2D eigenvalue weighted by Gasteiger charge is -2.07. The van der Waals surface area contributed by atoms with Crippen molar-refractivity contribution >= 4 is 34.3 Å². The van der Waals surface area contributed by atoms with Gasteiger partial charge < -0.3 is 14.6 Å². The van der Waals surface area contributed by atoms with E-state index in [1.807, 2.05) is 0 Å². The van der Waals surface area contributed by atoms with Crippen LogP contribution in [0.3, 0.4) is 0 Å². The van der Waals surface area contributed by atoms with Crippen LogP contribution in [0.25, 0.3) is 11.0 Å². The molecule has 0 saturated heterocycles. The molecule has 2 aromatic carbocycles. The number of halogens is 1. The van der Waals surface area contributed by atoms with Gasteiger partial charge in [-0.1, -0.05) is 17.3 Å². The van der Waals surface area contributed by atoms with E-state index in [1.165, 1.54) is 19.1 Å². The summed E-state index contributed by atoms with van der Waals surface area (Å²) in [5.41, 5.74) is 0.932. The summed E-state index contributed by atoms with van der Waals surface area (Å²) in [5, 5.41) is 6.90. The maximum Gasteiger partial charge on any atom is 0.312 e. The van der Waals surface area contributed by atoms with Crippen LogP contribution in [0.2, 0.25) is 0 Å². The number of ether oxygens (including phenoxy) is 1. The van der Waals surface area contributed by atoms with Crippen LogP contribution in [-0.4, -0.2) is 29.4 Å². The van der Waals surface area contributed by atoms with Crippen LogP contribution in [0.5, 0.6) is 0 Å². The molecule has 27 heavy (non-hydrogen) atoms. The molecule has 1 aromatic heterocycles. The molecule has 0 aliphatic rings. The van der Waals surface area contributed by atoms with E-state index in [1.54, 1.807) is 24.3 Å². The summed E-state index contributed by atoms with van der Waals surface area (Å²) in [6.07, 6.45) is -0.172. The Labute approximate surface area is 153 Å². The van der Waals surface area contributed by atoms with Crippen molar-refractivity contribution in [1.82, 2.24) is 5.16 Å². The number of fused-ring (bicyclic) bond motifs is 1. The molecule has 8 heteroatoms. The number of carbonyl (C=O) groups excluding carboxylic acids is 3. The molecule has 1 N–H and O–H groups in total. The van der Waals surface area contributed by atoms with Gasteiger partial charge in [0.1, 0.15) is 11.5 Å². The van der Waals surface area contributed by atoms with Crippen molar-refractivity contribution in [1.29, 1.82) is 0 Å². The minimum absolute atomic E-state index is 0.172. The molecule has 0 aliphatic carbocycles. The van der Waals surface area contributed by atoms with Crippen LogP contribution >= 0.6 is 0 Å². The quantitative estimate of drug-likeness (QED) is 0.529. The number of benzene rings is 2. The fourth-order valence-electron chi connectivity index (χ4n) is 2.50. The molecule has 1 heterocycles. The summed E-state index contributed by atoms with van der Waals surface area (Å²) in [4.78, 5) is 35.0. The summed E-state index contributed by atoms with van der Waals surface area (Å²) in [7, 11) is 0. The van der Waals surface area contributed by atoms with Gasteiger partial charge in [-0.2, -0.15) is 0 Å². The zero-order valence-corrected chi connectivity index (χ0v) is 14.3. The molecule has 0 saturated carbocycles. The molecule has 0 radical (unpaired) electrons. The van der Waals surface area contributed by atoms with Gasteiger partial charge in [-0.3, -0.25) is 14.4 Å². The van der Waals surface area contributed by atoms with Crippen molar-refractivity contribution in [3.8, 4) is 0 Å². The van der Waals surface area contributed by atoms with Gasteiger partial charge in [0.15, 0.2) is 12.2 Å². The van der Waals surface area contributed by atoms with Gasteiger partial charge in [0.2, 0.25) is 11.7 Å². The van der Waals surface area contributed by atoms with E-state index in [0.29, 0.717) is 16.7 Å². The number of nitrogens with one attached hydrogen (secondary N) is 1. The van der Waals surface area contributed by atoms with Gasteiger partial charge in [-0.15, -0.1) is 0 Å². The van der Waals surface area contributed by atoms with E-state index in [0.717, 1.165) is 6.07 Å². The molecule has 0 bridgehead atoms. The van der Waals surface area contributed by atoms with Crippen LogP contribution in [0, 0.1) is 5.82 Å². The number of nitrogens with zero attached hydrogens (tertiary/aromatic N) is 1. The Bertz CT molecular complexity index is 1030. The van der Waals surface area contributed by atoms with E-state index in [-0.39, 0.29) is 23.6 Å². The predicted octanol–water partition coefficient (Wildman–Crippen LogP) is 2.89. The monoisotopic (exact) mass is 370 g/mol. The van der Waals surface area contributed by atoms with Crippen molar-refractivity contribution < 1.29 is 28.0 Å². The molecule has 0 fully saturated rings. The number of esters is 1. The number of para-hydroxylation sites is 1. The fraction of sp³-hybridized carbons (Fsp3) is 0.158. The second kappa shape index (κ2) is 7.77. The number of hydrogen-bond donors (Lipinski definition) is 1. The van der Waals surface area contributed by atoms with E-state index in [2.05, 4.69) is 10.5 Å². The molecular formula is C19H15FN2O5. The van der Waals surface area contributed by atoms with E-state index in [4.69, 9.17) is 9.26 Å². The van der Waals surface area contributed by atoms with Crippen LogP contribution in [0.15, 0.2) is 47.0 Å². The average Bonchev–Trinajstić information content (AvgIpc) is 3.02. The summed E-state index contributed by atoms with van der Waals surface area (Å²) < 4.78 is 24.0. The van der Waals surface area contributed by atoms with Gasteiger partial charge in [0.05, 0.1) is 12.0 Å². The highest BCUT2D eigenvalue weighted by molar-refractivity contribution is 5.99. The smallest absolute Gasteiger partial charge is 0.312 e. The zero-order chi connectivity index (χ0) is 19.4. The lowest BCUT2D eigenvalue weighted by molar-refractivity contribution is -0.141. The van der Waals surface area contributed by atoms with Gasteiger partial charge in [-0.05, 0) is 30.3 Å². The highest BCUT2D eigenvalue weighted by atomic mass is 19.1. The van der Waals surface area contributed by atoms with Gasteiger partial charge in [0, 0.05) is 18.0 Å². The number of Topliss-reactive ketones (excluding diaryl/α,β-unsaturated/α-hetero) is 1. The van der Waals surface area contributed by atoms with Crippen molar-refractivity contribution in [2.75, 3.05) is 11.9 Å². The number of anilines is 1. The lowest BCUT2D eigenvalue weighted by Crippen LogP contribution is -2.17. The molecule has 0 unspecified atom stereocenters. The summed E-state index contributed by atoms with van der Waals surface area (Å²) >= 11 is 0. The maximum absolute atomic E-state index is 14.0. The predicted molar refractivity (Wildman–Crippen MR) is 93.7 cm³/mol. The Morgan fingerprint density at radius 2 is 1.96 bits per heavy atom. The molecule has 3 aromatic rings. The number of aromatic nitrogens is 1. The zero-order valence-electron chi connectivity index (χ0n) is 14.3. The summed E-state index contributed by atoms with van der Waals surface area (Å²) in [6.45, 7) is 0.680. The standard InChI is InChI=1S/C19H15FN2O5/c1-11(23)21-12-6-7-13(15(20)8-12)17(24)10-26-19(25)9-16-14-4-2-3-5-18(14)27-22-16/h2-8H,9-10H2,1H3,(H,21,23). The van der Waals surface area contributed by atoms with E-state index in [9.17, 15) is 18.8 Å². The lowest BCUT2D eigenvalue weighted by atomic mass is 10.1. The Kier molecular flexibility index (Phi) is 5.25. The third-order valence-electron chi connectivity index (χ3n) is 3.72. The molecule has 0 atom stereocenters. The van der Waals surface area contributed by atoms with Crippen molar-refractivity contribution in [2.24, 2.45) is 0 Å². The maximum atomic E-state index is 14.0. The van der Waals surface area contributed by atoms with Crippen LogP contribution in [0.1, 0.15) is 23.0 Å². The Morgan fingerprint density at radius 1 is 1.19 bits per heavy atom. The fourth-order valence-corrected chi connectivity index (χ4v) is 2.50. The summed E-state index contributed by atoms with van der Waals surface area (Å²) in [5.74, 6) is -2.55. The first-order valence-electron chi connectivity index (χ1n) is 8.03. The second-order valence-corrected chi connectivity index (χ2v) is 5.76. The SMILES string of the molecule is CC(=O)Nc1ccc(C(=O)COC(=O)Cc2noc3ccccc23)c(F)c1. The Hall–Kier alpha value is -3.55. The number of amides is 1. The van der Waals surface area contributed by atoms with Crippen molar-refractivity contribution in [3.63, 3.8) is 0 Å². The van der Waals surface area contributed by atoms with Crippen molar-refractivity contribution in [2.45, 2.75) is 13.3 Å². The van der Waals surface area contributed by atoms with Crippen LogP contribution in [-0.2, 0) is 20.7 Å². The minimum Gasteiger partial charge on any atom is -0.457 e. The normalized spacial score (nSPS) is 10.6. The van der Waals surface area contributed by atoms with Gasteiger partial charge in [-0.25, -0.2) is 4.39 Å². The van der Waals surface area contributed by atoms with Gasteiger partial charge >= 0.3 is 5.97 Å². The number of carbonyl (C=O) groups is 3. The first-order chi connectivity index (χ1) is 12.9. The average molecular weight is 370 g/mol. The summed E-state index contributed by atoms with van der Waals surface area (Å²) in [6, 6.07) is 10.7. The molecule has 0 aliphatic heterocycles. The molecule has 3 rings (SSSR count). The van der Waals surface area contributed by atoms with Gasteiger partial charge in [0.25, 0.3) is 0 Å². The molecule has 7 nitrogen and oxygen atoms in total. The Morgan fingerprint density at radius 3 is 2.70 bits per heavy atom. The third-order valence-corrected chi connectivity index (χ3v) is 3.72. The molecule has 0 spiro atoms. The number of rotatable bonds is 6. The number of hydrogen-bond acceptors (Lipinski definition) is 6. The van der Waals surface area contributed by atoms with Crippen molar-refractivity contribution in [3.05, 3.63) is 59.5 Å². The highest BCUT2D eigenvalue weighted by Gasteiger charge is 2.17. The second-order valence-electron chi connectivity index (χ2n) is 5.76. The first-order valence-corrected chi connectivity index (χ1v) is 8.03. The number of ketones is 1. The topological polar surface area (TPSA) is 98.5 Å². The third kappa shape index (κ3) is 4.35. The molecular weight excluding hydrogens is 355 g/mol. The Balaban J connectivity index is 1.60. The van der Waals surface area contributed by atoms with E-state index >= 15 is 0 Å². The largest absolute Gasteiger partial charge is 0.457 e. The van der Waals surface area contributed by atoms with Crippen LogP contribution in [0.4, 0.5) is 10.1 Å². The van der Waals surface area contributed by atoms with E-state index < -0.39 is 24.2 Å². The first kappa shape index (κ1) is 18.2. The molecule has 138 valence electrons. The molecule has 1 amide bonds. The minimum atomic E-state index is -0.815.